The average Bonchev–Trinajstić information content (AvgIpc) is 2.76. The molecule has 3 rings (SSSR count). The molecule has 170 valence electrons. The number of carbonyl (C=O) groups excluding carboxylic acids is 2. The van der Waals surface area contributed by atoms with Crippen LogP contribution >= 0.6 is 45.8 Å². The fourth-order valence-corrected chi connectivity index (χ4v) is 4.09. The number of hydrogen-bond acceptors (Lipinski definition) is 4. The Morgan fingerprint density at radius 3 is 2.21 bits per heavy atom. The lowest BCUT2D eigenvalue weighted by molar-refractivity contribution is -0.139. The molecule has 5 N–H and O–H groups in total. The van der Waals surface area contributed by atoms with Crippen molar-refractivity contribution in [1.29, 1.82) is 0 Å². The van der Waals surface area contributed by atoms with Crippen LogP contribution in [-0.2, 0) is 11.2 Å². The Morgan fingerprint density at radius 2 is 1.61 bits per heavy atom. The van der Waals surface area contributed by atoms with Gasteiger partial charge >= 0.3 is 5.97 Å². The molecule has 3 aromatic rings. The van der Waals surface area contributed by atoms with Gasteiger partial charge < -0.3 is 21.5 Å². The number of amides is 2. The first kappa shape index (κ1) is 24.8. The first-order chi connectivity index (χ1) is 15.7. The van der Waals surface area contributed by atoms with E-state index in [4.69, 9.17) is 28.9 Å². The molecule has 10 heteroatoms. The van der Waals surface area contributed by atoms with Crippen molar-refractivity contribution in [3.63, 3.8) is 0 Å². The molecule has 33 heavy (non-hydrogen) atoms. The SMILES string of the molecule is Nc1ccc(I)cc1C(=O)Nc1ccc(CC(NC(=O)c2c(Cl)cccc2Cl)C(=O)O)cc1. The van der Waals surface area contributed by atoms with Crippen molar-refractivity contribution >= 4 is 75.0 Å². The minimum absolute atomic E-state index is 0.0139. The summed E-state index contributed by atoms with van der Waals surface area (Å²) in [5.74, 6) is -2.25. The van der Waals surface area contributed by atoms with Crippen molar-refractivity contribution in [3.8, 4) is 0 Å². The molecule has 0 saturated heterocycles. The number of nitrogen functional groups attached to an aromatic ring is 1. The Labute approximate surface area is 213 Å². The number of benzene rings is 3. The predicted octanol–water partition coefficient (Wildman–Crippen LogP) is 4.86. The van der Waals surface area contributed by atoms with Crippen molar-refractivity contribution in [2.24, 2.45) is 0 Å². The van der Waals surface area contributed by atoms with E-state index in [1.807, 2.05) is 0 Å². The zero-order valence-corrected chi connectivity index (χ0v) is 20.6. The summed E-state index contributed by atoms with van der Waals surface area (Å²) in [6, 6.07) is 15.1. The number of halogens is 3. The third-order valence-corrected chi connectivity index (χ3v) is 6.01. The lowest BCUT2D eigenvalue weighted by Gasteiger charge is -2.16. The van der Waals surface area contributed by atoms with E-state index in [0.717, 1.165) is 3.57 Å². The third kappa shape index (κ3) is 6.37. The highest BCUT2D eigenvalue weighted by molar-refractivity contribution is 14.1. The number of carbonyl (C=O) groups is 3. The highest BCUT2D eigenvalue weighted by Crippen LogP contribution is 2.24. The third-order valence-electron chi connectivity index (χ3n) is 4.70. The first-order valence-electron chi connectivity index (χ1n) is 9.58. The summed E-state index contributed by atoms with van der Waals surface area (Å²) in [4.78, 5) is 36.8. The molecule has 0 heterocycles. The van der Waals surface area contributed by atoms with Gasteiger partial charge in [-0.3, -0.25) is 9.59 Å². The maximum absolute atomic E-state index is 12.6. The molecule has 1 atom stereocenters. The van der Waals surface area contributed by atoms with Crippen LogP contribution in [0.4, 0.5) is 11.4 Å². The molecule has 0 aromatic heterocycles. The average molecular weight is 598 g/mol. The number of carboxylic acids is 1. The van der Waals surface area contributed by atoms with Crippen LogP contribution in [0, 0.1) is 3.57 Å². The number of anilines is 2. The Morgan fingerprint density at radius 1 is 0.970 bits per heavy atom. The smallest absolute Gasteiger partial charge is 0.326 e. The quantitative estimate of drug-likeness (QED) is 0.229. The molecule has 3 aromatic carbocycles. The Balaban J connectivity index is 1.69. The molecule has 2 amide bonds. The van der Waals surface area contributed by atoms with Gasteiger partial charge in [-0.25, -0.2) is 4.79 Å². The maximum Gasteiger partial charge on any atom is 0.326 e. The van der Waals surface area contributed by atoms with Crippen LogP contribution in [0.3, 0.4) is 0 Å². The second kappa shape index (κ2) is 10.9. The summed E-state index contributed by atoms with van der Waals surface area (Å²) in [7, 11) is 0. The molecule has 7 nitrogen and oxygen atoms in total. The summed E-state index contributed by atoms with van der Waals surface area (Å²) in [6.45, 7) is 0. The van der Waals surface area contributed by atoms with Gasteiger partial charge in [0.05, 0.1) is 21.2 Å². The lowest BCUT2D eigenvalue weighted by Crippen LogP contribution is -2.42. The Bertz CT molecular complexity index is 1200. The van der Waals surface area contributed by atoms with Gasteiger partial charge in [-0.2, -0.15) is 0 Å². The molecule has 0 radical (unpaired) electrons. The molecule has 0 aliphatic rings. The topological polar surface area (TPSA) is 122 Å². The van der Waals surface area contributed by atoms with Crippen LogP contribution in [0.1, 0.15) is 26.3 Å². The fourth-order valence-electron chi connectivity index (χ4n) is 3.03. The summed E-state index contributed by atoms with van der Waals surface area (Å²) in [5.41, 5.74) is 7.77. The van der Waals surface area contributed by atoms with Gasteiger partial charge in [0, 0.05) is 21.4 Å². The molecule has 1 unspecified atom stereocenters. The first-order valence-corrected chi connectivity index (χ1v) is 11.4. The molecule has 0 fully saturated rings. The minimum atomic E-state index is -1.21. The van der Waals surface area contributed by atoms with Gasteiger partial charge in [-0.05, 0) is 70.6 Å². The van der Waals surface area contributed by atoms with Gasteiger partial charge in [-0.15, -0.1) is 0 Å². The largest absolute Gasteiger partial charge is 0.480 e. The Kier molecular flexibility index (Phi) is 8.17. The summed E-state index contributed by atoms with van der Waals surface area (Å²) >= 11 is 14.2. The number of aliphatic carboxylic acids is 1. The van der Waals surface area contributed by atoms with Gasteiger partial charge in [0.1, 0.15) is 6.04 Å². The zero-order valence-electron chi connectivity index (χ0n) is 16.9. The lowest BCUT2D eigenvalue weighted by atomic mass is 10.0. The summed E-state index contributed by atoms with van der Waals surface area (Å²) in [6.07, 6.45) is 0.0151. The standard InChI is InChI=1S/C23H18Cl2IN3O4/c24-16-2-1-3-17(25)20(16)22(31)29-19(23(32)33)10-12-4-7-14(8-5-12)28-21(30)15-11-13(26)6-9-18(15)27/h1-9,11,19H,10,27H2,(H,28,30)(H,29,31)(H,32,33). The second-order valence-electron chi connectivity index (χ2n) is 7.05. The number of nitrogens with one attached hydrogen (secondary N) is 2. The van der Waals surface area contributed by atoms with Gasteiger partial charge in [0.25, 0.3) is 11.8 Å². The van der Waals surface area contributed by atoms with E-state index in [1.54, 1.807) is 48.5 Å². The minimum Gasteiger partial charge on any atom is -0.480 e. The molecule has 0 aliphatic heterocycles. The summed E-state index contributed by atoms with van der Waals surface area (Å²) < 4.78 is 0.877. The van der Waals surface area contributed by atoms with Crippen LogP contribution in [-0.4, -0.2) is 28.9 Å². The van der Waals surface area contributed by atoms with Crippen LogP contribution in [0.25, 0.3) is 0 Å². The molecule has 0 spiro atoms. The Hall–Kier alpha value is -2.82. The van der Waals surface area contributed by atoms with Gasteiger partial charge in [-0.1, -0.05) is 41.4 Å². The molecular weight excluding hydrogens is 580 g/mol. The van der Waals surface area contributed by atoms with E-state index in [9.17, 15) is 19.5 Å². The molecule has 0 aliphatic carbocycles. The molecule has 0 bridgehead atoms. The summed E-state index contributed by atoms with van der Waals surface area (Å²) in [5, 5.41) is 15.0. The second-order valence-corrected chi connectivity index (χ2v) is 9.11. The highest BCUT2D eigenvalue weighted by atomic mass is 127. The monoisotopic (exact) mass is 597 g/mol. The van der Waals surface area contributed by atoms with E-state index in [1.165, 1.54) is 12.1 Å². The normalized spacial score (nSPS) is 11.5. The van der Waals surface area contributed by atoms with Gasteiger partial charge in [0.15, 0.2) is 0 Å². The van der Waals surface area contributed by atoms with E-state index >= 15 is 0 Å². The van der Waals surface area contributed by atoms with E-state index in [-0.39, 0.29) is 27.9 Å². The van der Waals surface area contributed by atoms with Crippen molar-refractivity contribution in [1.82, 2.24) is 5.32 Å². The number of nitrogens with two attached hydrogens (primary N) is 1. The van der Waals surface area contributed by atoms with Gasteiger partial charge in [0.2, 0.25) is 0 Å². The van der Waals surface area contributed by atoms with Crippen LogP contribution in [0.2, 0.25) is 10.0 Å². The fraction of sp³-hybridized carbons (Fsp3) is 0.0870. The van der Waals surface area contributed by atoms with E-state index in [0.29, 0.717) is 22.5 Å². The predicted molar refractivity (Wildman–Crippen MR) is 137 cm³/mol. The van der Waals surface area contributed by atoms with Crippen LogP contribution < -0.4 is 16.4 Å². The van der Waals surface area contributed by atoms with Crippen molar-refractivity contribution < 1.29 is 19.5 Å². The van der Waals surface area contributed by atoms with Crippen molar-refractivity contribution in [2.75, 3.05) is 11.1 Å². The molecular formula is C23H18Cl2IN3O4. The maximum atomic E-state index is 12.6. The van der Waals surface area contributed by atoms with Crippen molar-refractivity contribution in [2.45, 2.75) is 12.5 Å². The van der Waals surface area contributed by atoms with Crippen LogP contribution in [0.5, 0.6) is 0 Å². The van der Waals surface area contributed by atoms with Crippen LogP contribution in [0.15, 0.2) is 60.7 Å². The van der Waals surface area contributed by atoms with Crippen molar-refractivity contribution in [3.05, 3.63) is 91.0 Å². The highest BCUT2D eigenvalue weighted by Gasteiger charge is 2.24. The van der Waals surface area contributed by atoms with E-state index < -0.39 is 17.9 Å². The van der Waals surface area contributed by atoms with E-state index in [2.05, 4.69) is 33.2 Å². The molecule has 0 saturated carbocycles. The zero-order chi connectivity index (χ0) is 24.1. The number of rotatable bonds is 7. The number of carboxylic acid groups (broad SMARTS) is 1. The number of hydrogen-bond donors (Lipinski definition) is 4.